The number of nitrogens with one attached hydrogen (secondary N) is 1. The van der Waals surface area contributed by atoms with Gasteiger partial charge >= 0.3 is 5.97 Å². The quantitative estimate of drug-likeness (QED) is 0.637. The molecule has 0 fully saturated rings. The number of ether oxygens (including phenoxy) is 1. The van der Waals surface area contributed by atoms with Gasteiger partial charge < -0.3 is 15.0 Å². The smallest absolute Gasteiger partial charge is 0.309 e. The lowest BCUT2D eigenvalue weighted by atomic mass is 10.1. The van der Waals surface area contributed by atoms with Crippen molar-refractivity contribution in [2.45, 2.75) is 26.3 Å². The molecule has 0 amide bonds. The van der Waals surface area contributed by atoms with Crippen LogP contribution in [0.3, 0.4) is 0 Å². The number of methoxy groups -OCH3 is 1. The monoisotopic (exact) mass is 216 g/mol. The SMILES string of the molecule is COC(=O)C(C)CNC(C)CCN(C)C. The fourth-order valence-corrected chi connectivity index (χ4v) is 1.22. The molecule has 0 aromatic rings. The van der Waals surface area contributed by atoms with Crippen molar-refractivity contribution in [1.82, 2.24) is 10.2 Å². The van der Waals surface area contributed by atoms with Crippen LogP contribution >= 0.6 is 0 Å². The molecule has 0 aromatic heterocycles. The maximum atomic E-state index is 11.1. The number of nitrogens with zero attached hydrogens (tertiary/aromatic N) is 1. The van der Waals surface area contributed by atoms with E-state index >= 15 is 0 Å². The average molecular weight is 216 g/mol. The van der Waals surface area contributed by atoms with Gasteiger partial charge in [-0.25, -0.2) is 0 Å². The van der Waals surface area contributed by atoms with E-state index in [-0.39, 0.29) is 11.9 Å². The zero-order valence-corrected chi connectivity index (χ0v) is 10.5. The van der Waals surface area contributed by atoms with Crippen LogP contribution in [0.25, 0.3) is 0 Å². The van der Waals surface area contributed by atoms with E-state index in [9.17, 15) is 4.79 Å². The number of carbonyl (C=O) groups is 1. The van der Waals surface area contributed by atoms with Gasteiger partial charge in [0.05, 0.1) is 13.0 Å². The Labute approximate surface area is 93.0 Å². The van der Waals surface area contributed by atoms with Crippen LogP contribution in [0.2, 0.25) is 0 Å². The van der Waals surface area contributed by atoms with E-state index in [0.29, 0.717) is 12.6 Å². The van der Waals surface area contributed by atoms with Gasteiger partial charge in [0.25, 0.3) is 0 Å². The summed E-state index contributed by atoms with van der Waals surface area (Å²) < 4.78 is 4.66. The van der Waals surface area contributed by atoms with E-state index in [2.05, 4.69) is 36.0 Å². The van der Waals surface area contributed by atoms with E-state index in [4.69, 9.17) is 0 Å². The Balaban J connectivity index is 3.61. The summed E-state index contributed by atoms with van der Waals surface area (Å²) in [6.45, 7) is 5.74. The molecule has 0 heterocycles. The highest BCUT2D eigenvalue weighted by Crippen LogP contribution is 1.98. The number of esters is 1. The molecule has 0 aromatic carbocycles. The Bertz CT molecular complexity index is 183. The van der Waals surface area contributed by atoms with Crippen LogP contribution in [0.15, 0.2) is 0 Å². The third-order valence-electron chi connectivity index (χ3n) is 2.39. The van der Waals surface area contributed by atoms with Crippen molar-refractivity contribution in [3.05, 3.63) is 0 Å². The first kappa shape index (κ1) is 14.4. The third-order valence-corrected chi connectivity index (χ3v) is 2.39. The van der Waals surface area contributed by atoms with Crippen LogP contribution in [-0.4, -0.2) is 51.2 Å². The standard InChI is InChI=1S/C11H24N2O2/c1-9(11(14)15-5)8-12-10(2)6-7-13(3)4/h9-10,12H,6-8H2,1-5H3. The predicted octanol–water partition coefficient (Wildman–Crippen LogP) is 0.725. The van der Waals surface area contributed by atoms with E-state index in [1.54, 1.807) is 0 Å². The van der Waals surface area contributed by atoms with E-state index in [1.807, 2.05) is 6.92 Å². The van der Waals surface area contributed by atoms with Gasteiger partial charge in [0.2, 0.25) is 0 Å². The van der Waals surface area contributed by atoms with E-state index in [0.717, 1.165) is 13.0 Å². The number of hydrogen-bond acceptors (Lipinski definition) is 4. The molecule has 0 saturated heterocycles. The molecule has 0 aliphatic rings. The number of hydrogen-bond donors (Lipinski definition) is 1. The van der Waals surface area contributed by atoms with Crippen LogP contribution < -0.4 is 5.32 Å². The molecular formula is C11H24N2O2. The lowest BCUT2D eigenvalue weighted by Crippen LogP contribution is -2.35. The van der Waals surface area contributed by atoms with Gasteiger partial charge in [-0.15, -0.1) is 0 Å². The number of rotatable bonds is 7. The zero-order chi connectivity index (χ0) is 11.8. The molecule has 0 bridgehead atoms. The average Bonchev–Trinajstić information content (AvgIpc) is 2.21. The van der Waals surface area contributed by atoms with Gasteiger partial charge in [0.1, 0.15) is 0 Å². The largest absolute Gasteiger partial charge is 0.469 e. The van der Waals surface area contributed by atoms with Gasteiger partial charge in [0, 0.05) is 12.6 Å². The topological polar surface area (TPSA) is 41.6 Å². The van der Waals surface area contributed by atoms with Gasteiger partial charge in [-0.2, -0.15) is 0 Å². The summed E-state index contributed by atoms with van der Waals surface area (Å²) in [6.07, 6.45) is 1.08. The molecule has 0 aliphatic heterocycles. The highest BCUT2D eigenvalue weighted by molar-refractivity contribution is 5.72. The minimum Gasteiger partial charge on any atom is -0.469 e. The Morgan fingerprint density at radius 3 is 2.47 bits per heavy atom. The van der Waals surface area contributed by atoms with Crippen LogP contribution in [0.5, 0.6) is 0 Å². The second-order valence-electron chi connectivity index (χ2n) is 4.33. The van der Waals surface area contributed by atoms with E-state index in [1.165, 1.54) is 7.11 Å². The third kappa shape index (κ3) is 7.33. The van der Waals surface area contributed by atoms with Crippen LogP contribution in [0, 0.1) is 5.92 Å². The van der Waals surface area contributed by atoms with Gasteiger partial charge in [-0.1, -0.05) is 6.92 Å². The van der Waals surface area contributed by atoms with Gasteiger partial charge in [-0.05, 0) is 34.0 Å². The second-order valence-corrected chi connectivity index (χ2v) is 4.33. The molecule has 0 radical (unpaired) electrons. The van der Waals surface area contributed by atoms with Crippen molar-refractivity contribution in [3.8, 4) is 0 Å². The minimum absolute atomic E-state index is 0.0724. The van der Waals surface area contributed by atoms with Crippen molar-refractivity contribution >= 4 is 5.97 Å². The van der Waals surface area contributed by atoms with Crippen molar-refractivity contribution in [1.29, 1.82) is 0 Å². The fraction of sp³-hybridized carbons (Fsp3) is 0.909. The molecular weight excluding hydrogens is 192 g/mol. The second kappa shape index (κ2) is 7.65. The van der Waals surface area contributed by atoms with Crippen molar-refractivity contribution in [2.24, 2.45) is 5.92 Å². The molecule has 4 heteroatoms. The van der Waals surface area contributed by atoms with Crippen LogP contribution in [0.4, 0.5) is 0 Å². The first-order valence-electron chi connectivity index (χ1n) is 5.43. The zero-order valence-electron chi connectivity index (χ0n) is 10.5. The van der Waals surface area contributed by atoms with E-state index < -0.39 is 0 Å². The van der Waals surface area contributed by atoms with Gasteiger partial charge in [-0.3, -0.25) is 4.79 Å². The summed E-state index contributed by atoms with van der Waals surface area (Å²) in [5, 5.41) is 3.33. The summed E-state index contributed by atoms with van der Waals surface area (Å²) in [5.74, 6) is -0.223. The van der Waals surface area contributed by atoms with Crippen molar-refractivity contribution in [3.63, 3.8) is 0 Å². The maximum Gasteiger partial charge on any atom is 0.309 e. The molecule has 1 N–H and O–H groups in total. The normalized spacial score (nSPS) is 15.1. The Kier molecular flexibility index (Phi) is 7.34. The Morgan fingerprint density at radius 1 is 1.40 bits per heavy atom. The summed E-state index contributed by atoms with van der Waals surface area (Å²) >= 11 is 0. The summed E-state index contributed by atoms with van der Waals surface area (Å²) in [5.41, 5.74) is 0. The molecule has 0 saturated carbocycles. The Hall–Kier alpha value is -0.610. The fourth-order valence-electron chi connectivity index (χ4n) is 1.22. The molecule has 0 aliphatic carbocycles. The molecule has 0 rings (SSSR count). The summed E-state index contributed by atoms with van der Waals surface area (Å²) in [4.78, 5) is 13.3. The maximum absolute atomic E-state index is 11.1. The summed E-state index contributed by atoms with van der Waals surface area (Å²) in [6, 6.07) is 0.430. The molecule has 2 unspecified atom stereocenters. The highest BCUT2D eigenvalue weighted by Gasteiger charge is 2.13. The lowest BCUT2D eigenvalue weighted by molar-refractivity contribution is -0.144. The molecule has 15 heavy (non-hydrogen) atoms. The van der Waals surface area contributed by atoms with Crippen LogP contribution in [-0.2, 0) is 9.53 Å². The molecule has 2 atom stereocenters. The van der Waals surface area contributed by atoms with Gasteiger partial charge in [0.15, 0.2) is 0 Å². The lowest BCUT2D eigenvalue weighted by Gasteiger charge is -2.18. The summed E-state index contributed by atoms with van der Waals surface area (Å²) in [7, 11) is 5.54. The van der Waals surface area contributed by atoms with Crippen LogP contribution in [0.1, 0.15) is 20.3 Å². The molecule has 0 spiro atoms. The first-order valence-corrected chi connectivity index (χ1v) is 5.43. The molecule has 4 nitrogen and oxygen atoms in total. The minimum atomic E-state index is -0.151. The first-order chi connectivity index (χ1) is 6.97. The molecule has 90 valence electrons. The number of carbonyl (C=O) groups excluding carboxylic acids is 1. The van der Waals surface area contributed by atoms with Crippen molar-refractivity contribution < 1.29 is 9.53 Å². The predicted molar refractivity (Wildman–Crippen MR) is 61.8 cm³/mol. The highest BCUT2D eigenvalue weighted by atomic mass is 16.5. The van der Waals surface area contributed by atoms with Crippen molar-refractivity contribution in [2.75, 3.05) is 34.3 Å². The Morgan fingerprint density at radius 2 is 2.00 bits per heavy atom.